The first-order chi connectivity index (χ1) is 11.1. The number of aliphatic hydroxyl groups excluding tert-OH is 1. The summed E-state index contributed by atoms with van der Waals surface area (Å²) in [7, 11) is -3.40. The third kappa shape index (κ3) is 21.7. The molecule has 0 heterocycles. The smallest absolute Gasteiger partial charge is 0.264 e. The van der Waals surface area contributed by atoms with Crippen LogP contribution in [-0.2, 0) is 38.0 Å². The Morgan fingerprint density at radius 1 is 0.609 bits per heavy atom. The van der Waals surface area contributed by atoms with Crippen LogP contribution in [-0.4, -0.2) is 99.1 Å². The van der Waals surface area contributed by atoms with Crippen molar-refractivity contribution in [2.24, 2.45) is 0 Å². The van der Waals surface area contributed by atoms with Crippen molar-refractivity contribution in [2.75, 3.05) is 85.5 Å². The van der Waals surface area contributed by atoms with Crippen molar-refractivity contribution in [3.8, 4) is 0 Å². The average molecular weight is 360 g/mol. The Balaban J connectivity index is 3.03. The molecule has 0 bridgehead atoms. The van der Waals surface area contributed by atoms with Gasteiger partial charge in [0.1, 0.15) is 0 Å². The molecule has 0 aromatic heterocycles. The third-order valence-electron chi connectivity index (χ3n) is 2.25. The highest BCUT2D eigenvalue weighted by molar-refractivity contribution is 7.85. The Kier molecular flexibility index (Phi) is 16.3. The van der Waals surface area contributed by atoms with Crippen LogP contribution in [0.15, 0.2) is 0 Å². The molecule has 140 valence electrons. The molecule has 0 spiro atoms. The van der Waals surface area contributed by atoms with Gasteiger partial charge in [0.15, 0.2) is 0 Å². The molecule has 0 saturated carbocycles. The predicted octanol–water partition coefficient (Wildman–Crippen LogP) is -0.962. The van der Waals surface area contributed by atoms with Crippen LogP contribution in [0.5, 0.6) is 0 Å². The minimum Gasteiger partial charge on any atom is -0.394 e. The first-order valence-corrected chi connectivity index (χ1v) is 9.22. The van der Waals surface area contributed by atoms with Crippen molar-refractivity contribution < 1.29 is 41.4 Å². The van der Waals surface area contributed by atoms with Gasteiger partial charge in [-0.25, -0.2) is 0 Å². The maximum Gasteiger partial charge on any atom is 0.264 e. The van der Waals surface area contributed by atoms with E-state index in [0.717, 1.165) is 6.26 Å². The second kappa shape index (κ2) is 16.5. The minimum absolute atomic E-state index is 0.00693. The van der Waals surface area contributed by atoms with Crippen molar-refractivity contribution in [1.29, 1.82) is 0 Å². The van der Waals surface area contributed by atoms with Gasteiger partial charge in [-0.3, -0.25) is 4.18 Å². The molecule has 10 heteroatoms. The minimum atomic E-state index is -3.40. The fourth-order valence-electron chi connectivity index (χ4n) is 1.29. The van der Waals surface area contributed by atoms with Crippen molar-refractivity contribution in [2.45, 2.75) is 0 Å². The van der Waals surface area contributed by atoms with Crippen LogP contribution in [0.25, 0.3) is 0 Å². The Morgan fingerprint density at radius 3 is 1.22 bits per heavy atom. The van der Waals surface area contributed by atoms with E-state index >= 15 is 0 Å². The molecular weight excluding hydrogens is 332 g/mol. The van der Waals surface area contributed by atoms with Crippen LogP contribution in [0.2, 0.25) is 0 Å². The molecule has 0 aromatic carbocycles. The maximum absolute atomic E-state index is 10.7. The van der Waals surface area contributed by atoms with Crippen molar-refractivity contribution in [3.05, 3.63) is 0 Å². The number of rotatable bonds is 18. The summed E-state index contributed by atoms with van der Waals surface area (Å²) in [6, 6.07) is 0. The molecule has 0 saturated heterocycles. The molecule has 0 aliphatic heterocycles. The van der Waals surface area contributed by atoms with Gasteiger partial charge in [-0.15, -0.1) is 0 Å². The van der Waals surface area contributed by atoms with Crippen LogP contribution in [0.1, 0.15) is 0 Å². The van der Waals surface area contributed by atoms with Gasteiger partial charge in [-0.1, -0.05) is 0 Å². The summed E-state index contributed by atoms with van der Waals surface area (Å²) in [6.07, 6.45) is 0.992. The molecule has 0 rings (SSSR count). The van der Waals surface area contributed by atoms with Gasteiger partial charge in [0, 0.05) is 0 Å². The molecule has 0 aromatic rings. The van der Waals surface area contributed by atoms with E-state index < -0.39 is 10.1 Å². The summed E-state index contributed by atoms with van der Waals surface area (Å²) in [4.78, 5) is 0. The van der Waals surface area contributed by atoms with E-state index in [9.17, 15) is 8.42 Å². The molecule has 9 nitrogen and oxygen atoms in total. The SMILES string of the molecule is CS(=O)(=O)OCCOCCOCCOCCOCCOCCO. The molecule has 0 amide bonds. The topological polar surface area (TPSA) is 110 Å². The first-order valence-electron chi connectivity index (χ1n) is 7.40. The second-order valence-corrected chi connectivity index (χ2v) is 5.96. The van der Waals surface area contributed by atoms with Gasteiger partial charge in [0.2, 0.25) is 0 Å². The Bertz CT molecular complexity index is 334. The molecular formula is C13H28O9S. The van der Waals surface area contributed by atoms with E-state index in [1.807, 2.05) is 0 Å². The molecule has 0 aliphatic rings. The summed E-state index contributed by atoms with van der Waals surface area (Å²) in [6.45, 7) is 4.11. The van der Waals surface area contributed by atoms with Gasteiger partial charge in [0.05, 0.1) is 85.5 Å². The lowest BCUT2D eigenvalue weighted by atomic mass is 10.7. The molecule has 23 heavy (non-hydrogen) atoms. The largest absolute Gasteiger partial charge is 0.394 e. The molecule has 0 aliphatic carbocycles. The van der Waals surface area contributed by atoms with Crippen molar-refractivity contribution in [1.82, 2.24) is 0 Å². The highest BCUT2D eigenvalue weighted by atomic mass is 32.2. The van der Waals surface area contributed by atoms with Crippen LogP contribution in [0.4, 0.5) is 0 Å². The predicted molar refractivity (Wildman–Crippen MR) is 82.0 cm³/mol. The lowest BCUT2D eigenvalue weighted by Gasteiger charge is -2.07. The lowest BCUT2D eigenvalue weighted by Crippen LogP contribution is -2.14. The van der Waals surface area contributed by atoms with Gasteiger partial charge in [-0.2, -0.15) is 8.42 Å². The number of aliphatic hydroxyl groups is 1. The average Bonchev–Trinajstić information content (AvgIpc) is 2.49. The van der Waals surface area contributed by atoms with Crippen LogP contribution in [0.3, 0.4) is 0 Å². The van der Waals surface area contributed by atoms with Gasteiger partial charge < -0.3 is 28.8 Å². The van der Waals surface area contributed by atoms with E-state index in [1.54, 1.807) is 0 Å². The van der Waals surface area contributed by atoms with Gasteiger partial charge in [-0.05, 0) is 0 Å². The fraction of sp³-hybridized carbons (Fsp3) is 1.00. The number of hydrogen-bond acceptors (Lipinski definition) is 9. The monoisotopic (exact) mass is 360 g/mol. The number of ether oxygens (including phenoxy) is 5. The Morgan fingerprint density at radius 2 is 0.913 bits per heavy atom. The number of hydrogen-bond donors (Lipinski definition) is 1. The van der Waals surface area contributed by atoms with E-state index in [0.29, 0.717) is 59.5 Å². The zero-order chi connectivity index (χ0) is 17.2. The van der Waals surface area contributed by atoms with Crippen molar-refractivity contribution >= 4 is 10.1 Å². The quantitative estimate of drug-likeness (QED) is 0.244. The second-order valence-electron chi connectivity index (χ2n) is 4.31. The van der Waals surface area contributed by atoms with Gasteiger partial charge >= 0.3 is 0 Å². The van der Waals surface area contributed by atoms with E-state index in [-0.39, 0.29) is 19.8 Å². The maximum atomic E-state index is 10.7. The van der Waals surface area contributed by atoms with Crippen LogP contribution in [0, 0.1) is 0 Å². The highest BCUT2D eigenvalue weighted by Gasteiger charge is 2.00. The standard InChI is InChI=1S/C13H28O9S/c1-23(15,16)22-13-12-21-11-10-20-9-8-19-7-6-18-5-4-17-3-2-14/h14H,2-13H2,1H3. The highest BCUT2D eigenvalue weighted by Crippen LogP contribution is 1.87. The van der Waals surface area contributed by atoms with Gasteiger partial charge in [0.25, 0.3) is 10.1 Å². The fourth-order valence-corrected chi connectivity index (χ4v) is 1.66. The Labute approximate surface area is 137 Å². The lowest BCUT2D eigenvalue weighted by molar-refractivity contribution is -0.0145. The van der Waals surface area contributed by atoms with Crippen LogP contribution < -0.4 is 0 Å². The first kappa shape index (κ1) is 22.7. The molecule has 1 N–H and O–H groups in total. The molecule has 0 unspecified atom stereocenters. The normalized spacial score (nSPS) is 11.9. The van der Waals surface area contributed by atoms with E-state index in [4.69, 9.17) is 28.8 Å². The zero-order valence-corrected chi connectivity index (χ0v) is 14.4. The van der Waals surface area contributed by atoms with Crippen molar-refractivity contribution in [3.63, 3.8) is 0 Å². The summed E-state index contributed by atoms with van der Waals surface area (Å²) in [5.74, 6) is 0. The summed E-state index contributed by atoms with van der Waals surface area (Å²) in [5.41, 5.74) is 0. The zero-order valence-electron chi connectivity index (χ0n) is 13.6. The summed E-state index contributed by atoms with van der Waals surface area (Å²) >= 11 is 0. The summed E-state index contributed by atoms with van der Waals surface area (Å²) < 4.78 is 51.7. The molecule has 0 fully saturated rings. The van der Waals surface area contributed by atoms with E-state index in [2.05, 4.69) is 4.18 Å². The molecule has 0 radical (unpaired) electrons. The summed E-state index contributed by atoms with van der Waals surface area (Å²) in [5, 5.41) is 8.48. The Hall–Kier alpha value is -0.330. The molecule has 0 atom stereocenters. The third-order valence-corrected chi connectivity index (χ3v) is 2.84. The van der Waals surface area contributed by atoms with Crippen LogP contribution >= 0.6 is 0 Å². The van der Waals surface area contributed by atoms with E-state index in [1.165, 1.54) is 0 Å².